The molecule has 0 aromatic carbocycles. The molecule has 4 nitrogen and oxygen atoms in total. The summed E-state index contributed by atoms with van der Waals surface area (Å²) in [6.45, 7) is 8.23. The lowest BCUT2D eigenvalue weighted by atomic mass is 9.96. The normalized spacial score (nSPS) is 11.5. The van der Waals surface area contributed by atoms with Crippen molar-refractivity contribution in [3.05, 3.63) is 11.6 Å². The van der Waals surface area contributed by atoms with E-state index >= 15 is 0 Å². The van der Waals surface area contributed by atoms with E-state index in [9.17, 15) is 0 Å². The highest BCUT2D eigenvalue weighted by molar-refractivity contribution is 5.08. The molecule has 1 aromatic heterocycles. The maximum absolute atomic E-state index is 5.03. The third-order valence-corrected chi connectivity index (χ3v) is 1.83. The quantitative estimate of drug-likeness (QED) is 0.721. The summed E-state index contributed by atoms with van der Waals surface area (Å²) in [4.78, 5) is 12.7. The molecule has 0 amide bonds. The summed E-state index contributed by atoms with van der Waals surface area (Å²) in [5, 5.41) is 0. The van der Waals surface area contributed by atoms with Crippen LogP contribution in [0, 0.1) is 0 Å². The van der Waals surface area contributed by atoms with Gasteiger partial charge in [-0.15, -0.1) is 0 Å². The number of rotatable bonds is 2. The van der Waals surface area contributed by atoms with E-state index in [1.165, 1.54) is 0 Å². The average Bonchev–Trinajstić information content (AvgIpc) is 2.15. The van der Waals surface area contributed by atoms with Crippen molar-refractivity contribution in [3.8, 4) is 6.01 Å². The average molecular weight is 195 g/mol. The van der Waals surface area contributed by atoms with Gasteiger partial charge in [0.05, 0.1) is 7.11 Å². The van der Waals surface area contributed by atoms with E-state index in [4.69, 9.17) is 4.74 Å². The van der Waals surface area contributed by atoms with Crippen LogP contribution in [0.3, 0.4) is 0 Å². The molecule has 0 bridgehead atoms. The van der Waals surface area contributed by atoms with Crippen molar-refractivity contribution >= 4 is 0 Å². The first kappa shape index (κ1) is 10.9. The minimum atomic E-state index is -0.0693. The van der Waals surface area contributed by atoms with Crippen LogP contribution < -0.4 is 4.74 Å². The van der Waals surface area contributed by atoms with Crippen LogP contribution in [0.2, 0.25) is 0 Å². The molecule has 4 heteroatoms. The van der Waals surface area contributed by atoms with Gasteiger partial charge < -0.3 is 4.74 Å². The molecule has 0 saturated carbocycles. The first-order valence-electron chi connectivity index (χ1n) is 4.76. The molecular formula is C10H17N3O. The van der Waals surface area contributed by atoms with Crippen LogP contribution in [0.15, 0.2) is 0 Å². The highest BCUT2D eigenvalue weighted by Gasteiger charge is 2.19. The minimum absolute atomic E-state index is 0.0693. The smallest absolute Gasteiger partial charge is 0.319 e. The molecule has 0 aliphatic carbocycles. The number of hydrogen-bond donors (Lipinski definition) is 0. The Kier molecular flexibility index (Phi) is 3.03. The monoisotopic (exact) mass is 195 g/mol. The molecule has 0 aliphatic heterocycles. The molecule has 0 saturated heterocycles. The molecule has 0 fully saturated rings. The third-order valence-electron chi connectivity index (χ3n) is 1.83. The molecule has 0 aliphatic rings. The zero-order valence-corrected chi connectivity index (χ0v) is 9.46. The minimum Gasteiger partial charge on any atom is -0.467 e. The van der Waals surface area contributed by atoms with Crippen molar-refractivity contribution in [2.24, 2.45) is 0 Å². The van der Waals surface area contributed by atoms with Crippen molar-refractivity contribution in [1.29, 1.82) is 0 Å². The summed E-state index contributed by atoms with van der Waals surface area (Å²) in [6.07, 6.45) is 0.794. The predicted octanol–water partition coefficient (Wildman–Crippen LogP) is 1.74. The summed E-state index contributed by atoms with van der Waals surface area (Å²) in [6, 6.07) is 0.404. The van der Waals surface area contributed by atoms with E-state index in [0.717, 1.165) is 18.1 Å². The Balaban J connectivity index is 3.17. The molecule has 1 heterocycles. The predicted molar refractivity (Wildman–Crippen MR) is 54.5 cm³/mol. The first-order chi connectivity index (χ1) is 6.47. The van der Waals surface area contributed by atoms with E-state index in [-0.39, 0.29) is 5.41 Å². The van der Waals surface area contributed by atoms with E-state index < -0.39 is 0 Å². The number of methoxy groups -OCH3 is 1. The standard InChI is InChI=1S/C10H17N3O/c1-6-7-11-8(10(2,3)4)13-9(12-7)14-5/h6H2,1-5H3. The second-order valence-corrected chi connectivity index (χ2v) is 4.17. The fraction of sp³-hybridized carbons (Fsp3) is 0.700. The fourth-order valence-electron chi connectivity index (χ4n) is 0.983. The van der Waals surface area contributed by atoms with Gasteiger partial charge >= 0.3 is 6.01 Å². The van der Waals surface area contributed by atoms with E-state index in [1.807, 2.05) is 6.92 Å². The van der Waals surface area contributed by atoms with Crippen molar-refractivity contribution in [2.45, 2.75) is 39.5 Å². The molecule has 0 radical (unpaired) electrons. The number of ether oxygens (including phenoxy) is 1. The molecule has 0 spiro atoms. The summed E-state index contributed by atoms with van der Waals surface area (Å²) in [7, 11) is 1.57. The Morgan fingerprint density at radius 1 is 1.14 bits per heavy atom. The van der Waals surface area contributed by atoms with E-state index in [0.29, 0.717) is 6.01 Å². The molecular weight excluding hydrogens is 178 g/mol. The lowest BCUT2D eigenvalue weighted by Crippen LogP contribution is -2.18. The van der Waals surface area contributed by atoms with Crippen LogP contribution in [-0.2, 0) is 11.8 Å². The zero-order valence-electron chi connectivity index (χ0n) is 9.46. The van der Waals surface area contributed by atoms with Crippen LogP contribution in [0.25, 0.3) is 0 Å². The number of nitrogens with zero attached hydrogens (tertiary/aromatic N) is 3. The first-order valence-corrected chi connectivity index (χ1v) is 4.76. The van der Waals surface area contributed by atoms with Gasteiger partial charge in [-0.3, -0.25) is 0 Å². The maximum atomic E-state index is 5.03. The Hall–Kier alpha value is -1.19. The topological polar surface area (TPSA) is 47.9 Å². The Labute approximate surface area is 84.8 Å². The van der Waals surface area contributed by atoms with E-state index in [2.05, 4.69) is 35.7 Å². The van der Waals surface area contributed by atoms with Crippen LogP contribution in [-0.4, -0.2) is 22.1 Å². The van der Waals surface area contributed by atoms with Gasteiger partial charge in [-0.25, -0.2) is 4.98 Å². The van der Waals surface area contributed by atoms with Gasteiger partial charge in [0.2, 0.25) is 0 Å². The van der Waals surface area contributed by atoms with Crippen LogP contribution >= 0.6 is 0 Å². The fourth-order valence-corrected chi connectivity index (χ4v) is 0.983. The molecule has 0 unspecified atom stereocenters. The zero-order chi connectivity index (χ0) is 10.8. The van der Waals surface area contributed by atoms with E-state index in [1.54, 1.807) is 7.11 Å². The second kappa shape index (κ2) is 3.90. The molecule has 1 rings (SSSR count). The van der Waals surface area contributed by atoms with Crippen LogP contribution in [0.5, 0.6) is 6.01 Å². The van der Waals surface area contributed by atoms with Crippen molar-refractivity contribution in [1.82, 2.24) is 15.0 Å². The summed E-state index contributed by atoms with van der Waals surface area (Å²) < 4.78 is 5.03. The number of aromatic nitrogens is 3. The number of hydrogen-bond acceptors (Lipinski definition) is 4. The highest BCUT2D eigenvalue weighted by atomic mass is 16.5. The Morgan fingerprint density at radius 2 is 1.79 bits per heavy atom. The Morgan fingerprint density at radius 3 is 2.21 bits per heavy atom. The second-order valence-electron chi connectivity index (χ2n) is 4.17. The van der Waals surface area contributed by atoms with Gasteiger partial charge in [-0.05, 0) is 0 Å². The largest absolute Gasteiger partial charge is 0.467 e. The van der Waals surface area contributed by atoms with Crippen molar-refractivity contribution < 1.29 is 4.74 Å². The molecule has 0 atom stereocenters. The maximum Gasteiger partial charge on any atom is 0.319 e. The summed E-state index contributed by atoms with van der Waals surface area (Å²) >= 11 is 0. The molecule has 0 N–H and O–H groups in total. The lowest BCUT2D eigenvalue weighted by molar-refractivity contribution is 0.366. The summed E-state index contributed by atoms with van der Waals surface area (Å²) in [5.41, 5.74) is -0.0693. The molecule has 1 aromatic rings. The summed E-state index contributed by atoms with van der Waals surface area (Å²) in [5.74, 6) is 1.56. The highest BCUT2D eigenvalue weighted by Crippen LogP contribution is 2.19. The molecule has 14 heavy (non-hydrogen) atoms. The molecule has 78 valence electrons. The van der Waals surface area contributed by atoms with Gasteiger partial charge in [0, 0.05) is 11.8 Å². The van der Waals surface area contributed by atoms with Crippen LogP contribution in [0.4, 0.5) is 0 Å². The number of aryl methyl sites for hydroxylation is 1. The van der Waals surface area contributed by atoms with Gasteiger partial charge in [-0.1, -0.05) is 27.7 Å². The van der Waals surface area contributed by atoms with Gasteiger partial charge in [0.15, 0.2) is 0 Å². The SMILES string of the molecule is CCc1nc(OC)nc(C(C)(C)C)n1. The van der Waals surface area contributed by atoms with Gasteiger partial charge in [0.1, 0.15) is 11.6 Å². The van der Waals surface area contributed by atoms with Crippen molar-refractivity contribution in [2.75, 3.05) is 7.11 Å². The Bertz CT molecular complexity index is 295. The van der Waals surface area contributed by atoms with Crippen LogP contribution in [0.1, 0.15) is 39.3 Å². The lowest BCUT2D eigenvalue weighted by Gasteiger charge is -2.17. The third kappa shape index (κ3) is 2.40. The van der Waals surface area contributed by atoms with Gasteiger partial charge in [-0.2, -0.15) is 9.97 Å². The van der Waals surface area contributed by atoms with Crippen molar-refractivity contribution in [3.63, 3.8) is 0 Å². The van der Waals surface area contributed by atoms with Gasteiger partial charge in [0.25, 0.3) is 0 Å².